The van der Waals surface area contributed by atoms with E-state index in [1.807, 2.05) is 0 Å². The van der Waals surface area contributed by atoms with E-state index < -0.39 is 5.97 Å². The van der Waals surface area contributed by atoms with Gasteiger partial charge < -0.3 is 10.0 Å². The molecule has 0 spiro atoms. The minimum absolute atomic E-state index is 0.213. The summed E-state index contributed by atoms with van der Waals surface area (Å²) in [5, 5.41) is 9.95. The van der Waals surface area contributed by atoms with E-state index in [1.165, 1.54) is 11.3 Å². The zero-order chi connectivity index (χ0) is 12.6. The highest BCUT2D eigenvalue weighted by Gasteiger charge is 2.28. The molecule has 2 heterocycles. The van der Waals surface area contributed by atoms with Crippen molar-refractivity contribution in [2.45, 2.75) is 13.0 Å². The van der Waals surface area contributed by atoms with Gasteiger partial charge in [0, 0.05) is 19.6 Å². The van der Waals surface area contributed by atoms with E-state index in [4.69, 9.17) is 5.11 Å². The van der Waals surface area contributed by atoms with Gasteiger partial charge in [-0.3, -0.25) is 4.90 Å². The van der Waals surface area contributed by atoms with Crippen molar-refractivity contribution in [1.82, 2.24) is 14.8 Å². The number of thiazole rings is 1. The third kappa shape index (κ3) is 2.48. The fourth-order valence-electron chi connectivity index (χ4n) is 2.04. The Bertz CT molecular complexity index is 432. The number of aromatic nitrogens is 1. The number of aromatic carboxylic acids is 1. The lowest BCUT2D eigenvalue weighted by atomic mass is 10.2. The Morgan fingerprint density at radius 3 is 2.76 bits per heavy atom. The third-order valence-corrected chi connectivity index (χ3v) is 4.39. The quantitative estimate of drug-likeness (QED) is 0.856. The van der Waals surface area contributed by atoms with Gasteiger partial charge in [0.1, 0.15) is 9.88 Å². The number of carbonyl (C=O) groups is 1. The van der Waals surface area contributed by atoms with Crippen molar-refractivity contribution in [2.75, 3.05) is 33.7 Å². The summed E-state index contributed by atoms with van der Waals surface area (Å²) in [5.41, 5.74) is 0.624. The molecule has 1 atom stereocenters. The highest BCUT2D eigenvalue weighted by Crippen LogP contribution is 2.29. The van der Waals surface area contributed by atoms with Crippen LogP contribution in [0, 0.1) is 6.92 Å². The van der Waals surface area contributed by atoms with Crippen LogP contribution in [0.2, 0.25) is 0 Å². The topological polar surface area (TPSA) is 56.7 Å². The second kappa shape index (κ2) is 4.72. The Hall–Kier alpha value is -0.980. The number of carboxylic acids is 1. The first kappa shape index (κ1) is 12.5. The minimum atomic E-state index is -0.877. The van der Waals surface area contributed by atoms with E-state index in [1.54, 1.807) is 6.92 Å². The van der Waals surface area contributed by atoms with Gasteiger partial charge >= 0.3 is 5.97 Å². The number of hydrogen-bond donors (Lipinski definition) is 1. The molecule has 94 valence electrons. The zero-order valence-corrected chi connectivity index (χ0v) is 11.1. The molecule has 1 aliphatic heterocycles. The predicted molar refractivity (Wildman–Crippen MR) is 66.7 cm³/mol. The molecule has 1 aromatic rings. The molecule has 1 fully saturated rings. The van der Waals surface area contributed by atoms with Crippen molar-refractivity contribution in [3.05, 3.63) is 15.6 Å². The maximum absolute atomic E-state index is 11.0. The average Bonchev–Trinajstić information content (AvgIpc) is 2.64. The Balaban J connectivity index is 2.26. The summed E-state index contributed by atoms with van der Waals surface area (Å²) in [7, 11) is 4.15. The standard InChI is InChI=1S/C11H17N3O2S/c1-7-9(11(15)16)17-10(12-7)8-6-13(2)4-5-14(8)3/h8H,4-6H2,1-3H3,(H,15,16). The number of carboxylic acid groups (broad SMARTS) is 1. The van der Waals surface area contributed by atoms with Gasteiger partial charge in [0.25, 0.3) is 0 Å². The molecule has 0 amide bonds. The van der Waals surface area contributed by atoms with Crippen molar-refractivity contribution in [2.24, 2.45) is 0 Å². The molecule has 6 heteroatoms. The highest BCUT2D eigenvalue weighted by molar-refractivity contribution is 7.13. The highest BCUT2D eigenvalue weighted by atomic mass is 32.1. The van der Waals surface area contributed by atoms with Gasteiger partial charge in [-0.15, -0.1) is 11.3 Å². The molecular weight excluding hydrogens is 238 g/mol. The van der Waals surface area contributed by atoms with Crippen LogP contribution < -0.4 is 0 Å². The fourth-order valence-corrected chi connectivity index (χ4v) is 3.10. The molecule has 1 saturated heterocycles. The van der Waals surface area contributed by atoms with Crippen molar-refractivity contribution in [3.8, 4) is 0 Å². The van der Waals surface area contributed by atoms with Crippen molar-refractivity contribution in [3.63, 3.8) is 0 Å². The summed E-state index contributed by atoms with van der Waals surface area (Å²) < 4.78 is 0. The molecule has 0 radical (unpaired) electrons. The van der Waals surface area contributed by atoms with Gasteiger partial charge in [0.2, 0.25) is 0 Å². The lowest BCUT2D eigenvalue weighted by molar-refractivity contribution is 0.0701. The molecule has 17 heavy (non-hydrogen) atoms. The first-order valence-electron chi connectivity index (χ1n) is 5.58. The maximum Gasteiger partial charge on any atom is 0.347 e. The maximum atomic E-state index is 11.0. The second-order valence-corrected chi connectivity index (χ2v) is 5.56. The van der Waals surface area contributed by atoms with Crippen LogP contribution in [-0.4, -0.2) is 59.6 Å². The third-order valence-electron chi connectivity index (χ3n) is 3.14. The van der Waals surface area contributed by atoms with E-state index >= 15 is 0 Å². The summed E-state index contributed by atoms with van der Waals surface area (Å²) >= 11 is 1.30. The van der Waals surface area contributed by atoms with Gasteiger partial charge in [-0.25, -0.2) is 9.78 Å². The van der Waals surface area contributed by atoms with E-state index in [2.05, 4.69) is 28.9 Å². The lowest BCUT2D eigenvalue weighted by Crippen LogP contribution is -2.44. The summed E-state index contributed by atoms with van der Waals surface area (Å²) in [4.78, 5) is 20.3. The summed E-state index contributed by atoms with van der Waals surface area (Å²) in [6.45, 7) is 4.70. The summed E-state index contributed by atoms with van der Waals surface area (Å²) in [5.74, 6) is -0.877. The van der Waals surface area contributed by atoms with Gasteiger partial charge in [0.05, 0.1) is 11.7 Å². The molecule has 1 aliphatic rings. The van der Waals surface area contributed by atoms with Gasteiger partial charge in [-0.05, 0) is 21.0 Å². The predicted octanol–water partition coefficient (Wildman–Crippen LogP) is 1.07. The molecule has 1 N–H and O–H groups in total. The van der Waals surface area contributed by atoms with E-state index in [0.717, 1.165) is 24.6 Å². The van der Waals surface area contributed by atoms with Gasteiger partial charge in [-0.1, -0.05) is 0 Å². The SMILES string of the molecule is Cc1nc(C2CN(C)CCN2C)sc1C(=O)O. The normalized spacial score (nSPS) is 22.9. The molecule has 5 nitrogen and oxygen atoms in total. The molecular formula is C11H17N3O2S. The number of nitrogens with zero attached hydrogens (tertiary/aromatic N) is 3. The fraction of sp³-hybridized carbons (Fsp3) is 0.636. The van der Waals surface area contributed by atoms with Crippen LogP contribution in [0.4, 0.5) is 0 Å². The molecule has 0 saturated carbocycles. The van der Waals surface area contributed by atoms with Crippen LogP contribution in [0.5, 0.6) is 0 Å². The summed E-state index contributed by atoms with van der Waals surface area (Å²) in [6, 6.07) is 0.213. The van der Waals surface area contributed by atoms with E-state index in [9.17, 15) is 4.79 Å². The summed E-state index contributed by atoms with van der Waals surface area (Å²) in [6.07, 6.45) is 0. The largest absolute Gasteiger partial charge is 0.477 e. The smallest absolute Gasteiger partial charge is 0.347 e. The molecule has 1 unspecified atom stereocenters. The van der Waals surface area contributed by atoms with Gasteiger partial charge in [-0.2, -0.15) is 0 Å². The minimum Gasteiger partial charge on any atom is -0.477 e. The van der Waals surface area contributed by atoms with Crippen molar-refractivity contribution < 1.29 is 9.90 Å². The van der Waals surface area contributed by atoms with Crippen molar-refractivity contribution in [1.29, 1.82) is 0 Å². The number of likely N-dealkylation sites (N-methyl/N-ethyl adjacent to an activating group) is 2. The van der Waals surface area contributed by atoms with E-state index in [-0.39, 0.29) is 6.04 Å². The number of piperazine rings is 1. The van der Waals surface area contributed by atoms with E-state index in [0.29, 0.717) is 10.6 Å². The Morgan fingerprint density at radius 2 is 2.18 bits per heavy atom. The average molecular weight is 255 g/mol. The molecule has 2 rings (SSSR count). The lowest BCUT2D eigenvalue weighted by Gasteiger charge is -2.36. The van der Waals surface area contributed by atoms with Crippen LogP contribution in [0.25, 0.3) is 0 Å². The van der Waals surface area contributed by atoms with Crippen LogP contribution >= 0.6 is 11.3 Å². The van der Waals surface area contributed by atoms with Crippen LogP contribution in [-0.2, 0) is 0 Å². The number of aryl methyl sites for hydroxylation is 1. The monoisotopic (exact) mass is 255 g/mol. The number of rotatable bonds is 2. The van der Waals surface area contributed by atoms with Gasteiger partial charge in [0.15, 0.2) is 0 Å². The Kier molecular flexibility index (Phi) is 3.46. The first-order chi connectivity index (χ1) is 7.99. The Labute approximate surface area is 105 Å². The molecule has 1 aromatic heterocycles. The second-order valence-electron chi connectivity index (χ2n) is 4.53. The Morgan fingerprint density at radius 1 is 1.47 bits per heavy atom. The molecule has 0 aromatic carbocycles. The molecule has 0 bridgehead atoms. The van der Waals surface area contributed by atoms with Crippen LogP contribution in [0.15, 0.2) is 0 Å². The molecule has 0 aliphatic carbocycles. The van der Waals surface area contributed by atoms with Crippen molar-refractivity contribution >= 4 is 17.3 Å². The van der Waals surface area contributed by atoms with Crippen LogP contribution in [0.1, 0.15) is 26.4 Å². The number of hydrogen-bond acceptors (Lipinski definition) is 5. The zero-order valence-electron chi connectivity index (χ0n) is 10.3. The van der Waals surface area contributed by atoms with Crippen LogP contribution in [0.3, 0.4) is 0 Å². The first-order valence-corrected chi connectivity index (χ1v) is 6.40.